The summed E-state index contributed by atoms with van der Waals surface area (Å²) in [6.45, 7) is 2.04. The summed E-state index contributed by atoms with van der Waals surface area (Å²) in [6, 6.07) is 0. The number of thioether (sulfide) groups is 1. The molecule has 0 amide bonds. The van der Waals surface area contributed by atoms with E-state index < -0.39 is 0 Å². The topological polar surface area (TPSA) is 17.1 Å². The highest BCUT2D eigenvalue weighted by Crippen LogP contribution is 2.15. The van der Waals surface area contributed by atoms with Gasteiger partial charge in [-0.25, -0.2) is 0 Å². The van der Waals surface area contributed by atoms with Gasteiger partial charge in [0.1, 0.15) is 0 Å². The monoisotopic (exact) mass is 166 g/mol. The number of rotatable bonds is 4. The zero-order chi connectivity index (χ0) is 7.28. The second kappa shape index (κ2) is 5.12. The van der Waals surface area contributed by atoms with E-state index in [2.05, 4.69) is 0 Å². The lowest BCUT2D eigenvalue weighted by molar-refractivity contribution is -0.111. The predicted octanol–water partition coefficient (Wildman–Crippen LogP) is 2.28. The van der Waals surface area contributed by atoms with Crippen molar-refractivity contribution in [2.24, 2.45) is 0 Å². The summed E-state index contributed by atoms with van der Waals surface area (Å²) in [5.74, 6) is 0. The molecule has 0 fully saturated rings. The molecule has 0 aromatic rings. The van der Waals surface area contributed by atoms with Crippen molar-refractivity contribution in [2.75, 3.05) is 6.26 Å². The van der Waals surface area contributed by atoms with Gasteiger partial charge in [-0.1, -0.05) is 13.3 Å². The Morgan fingerprint density at radius 2 is 2.33 bits per heavy atom. The van der Waals surface area contributed by atoms with Crippen molar-refractivity contribution in [3.63, 3.8) is 0 Å². The molecule has 0 aliphatic rings. The summed E-state index contributed by atoms with van der Waals surface area (Å²) in [4.78, 5) is 10.5. The van der Waals surface area contributed by atoms with Crippen molar-refractivity contribution in [1.29, 1.82) is 0 Å². The fourth-order valence-corrected chi connectivity index (χ4v) is 1.62. The Bertz CT molecular complexity index is 95.1. The van der Waals surface area contributed by atoms with E-state index >= 15 is 0 Å². The lowest BCUT2D eigenvalue weighted by Crippen LogP contribution is -2.09. The highest BCUT2D eigenvalue weighted by molar-refractivity contribution is 8.00. The number of hydrogen-bond acceptors (Lipinski definition) is 2. The molecule has 9 heavy (non-hydrogen) atoms. The molecule has 3 heteroatoms. The quantitative estimate of drug-likeness (QED) is 0.597. The molecule has 0 spiro atoms. The molecule has 0 aliphatic carbocycles. The Balaban J connectivity index is 3.54. The van der Waals surface area contributed by atoms with E-state index in [9.17, 15) is 4.79 Å². The van der Waals surface area contributed by atoms with E-state index in [-0.39, 0.29) is 10.5 Å². The highest BCUT2D eigenvalue weighted by atomic mass is 35.5. The minimum atomic E-state index is -0.218. The lowest BCUT2D eigenvalue weighted by atomic mass is 10.3. The van der Waals surface area contributed by atoms with Crippen LogP contribution < -0.4 is 0 Å². The van der Waals surface area contributed by atoms with Crippen molar-refractivity contribution in [3.05, 3.63) is 0 Å². The van der Waals surface area contributed by atoms with Crippen molar-refractivity contribution in [2.45, 2.75) is 25.0 Å². The molecular weight excluding hydrogens is 156 g/mol. The van der Waals surface area contributed by atoms with Crippen LogP contribution in [0.3, 0.4) is 0 Å². The third-order valence-corrected chi connectivity index (χ3v) is 2.50. The normalized spacial score (nSPS) is 13.2. The van der Waals surface area contributed by atoms with Gasteiger partial charge in [0, 0.05) is 0 Å². The second-order valence-corrected chi connectivity index (χ2v) is 3.23. The Hall–Kier alpha value is 0.310. The summed E-state index contributed by atoms with van der Waals surface area (Å²) in [5, 5.41) is -0.207. The number of halogens is 1. The summed E-state index contributed by atoms with van der Waals surface area (Å²) >= 11 is 6.78. The summed E-state index contributed by atoms with van der Waals surface area (Å²) in [5.41, 5.74) is 0. The van der Waals surface area contributed by atoms with E-state index in [0.717, 1.165) is 12.8 Å². The zero-order valence-corrected chi connectivity index (χ0v) is 7.26. The van der Waals surface area contributed by atoms with Gasteiger partial charge >= 0.3 is 0 Å². The highest BCUT2D eigenvalue weighted by Gasteiger charge is 2.11. The molecule has 0 rings (SSSR count). The van der Waals surface area contributed by atoms with Crippen LogP contribution in [0.1, 0.15) is 19.8 Å². The van der Waals surface area contributed by atoms with Crippen LogP contribution in [0.4, 0.5) is 0 Å². The van der Waals surface area contributed by atoms with E-state index in [1.54, 1.807) is 0 Å². The van der Waals surface area contributed by atoms with E-state index in [4.69, 9.17) is 11.6 Å². The molecule has 0 aromatic heterocycles. The van der Waals surface area contributed by atoms with E-state index in [1.807, 2.05) is 13.2 Å². The molecule has 0 saturated heterocycles. The SMILES string of the molecule is CCCC(SC)C(=O)Cl. The third-order valence-electron chi connectivity index (χ3n) is 1.09. The molecule has 0 saturated carbocycles. The number of carbonyl (C=O) groups excluding carboxylic acids is 1. The Morgan fingerprint density at radius 3 is 2.44 bits per heavy atom. The van der Waals surface area contributed by atoms with Gasteiger partial charge in [0.15, 0.2) is 0 Å². The van der Waals surface area contributed by atoms with Gasteiger partial charge < -0.3 is 0 Å². The maximum atomic E-state index is 10.5. The third kappa shape index (κ3) is 3.82. The molecule has 0 bridgehead atoms. The Morgan fingerprint density at radius 1 is 1.78 bits per heavy atom. The van der Waals surface area contributed by atoms with Gasteiger partial charge in [0.25, 0.3) is 0 Å². The lowest BCUT2D eigenvalue weighted by Gasteiger charge is -2.05. The molecule has 0 aromatic carbocycles. The first-order valence-electron chi connectivity index (χ1n) is 2.94. The van der Waals surface area contributed by atoms with E-state index in [1.165, 1.54) is 11.8 Å². The average molecular weight is 167 g/mol. The number of carbonyl (C=O) groups is 1. The van der Waals surface area contributed by atoms with E-state index in [0.29, 0.717) is 0 Å². The standard InChI is InChI=1S/C6H11ClOS/c1-3-4-5(9-2)6(7)8/h5H,3-4H2,1-2H3. The first-order chi connectivity index (χ1) is 4.22. The van der Waals surface area contributed by atoms with Gasteiger partial charge in [0.2, 0.25) is 5.24 Å². The summed E-state index contributed by atoms with van der Waals surface area (Å²) < 4.78 is 0. The van der Waals surface area contributed by atoms with Gasteiger partial charge in [-0.15, -0.1) is 0 Å². The average Bonchev–Trinajstić information content (AvgIpc) is 1.82. The van der Waals surface area contributed by atoms with Crippen molar-refractivity contribution >= 4 is 28.6 Å². The molecular formula is C6H11ClOS. The van der Waals surface area contributed by atoms with Crippen LogP contribution in [0.5, 0.6) is 0 Å². The van der Waals surface area contributed by atoms with Crippen LogP contribution in [0.25, 0.3) is 0 Å². The van der Waals surface area contributed by atoms with Crippen molar-refractivity contribution < 1.29 is 4.79 Å². The molecule has 0 N–H and O–H groups in total. The second-order valence-electron chi connectivity index (χ2n) is 1.82. The van der Waals surface area contributed by atoms with Crippen molar-refractivity contribution in [3.8, 4) is 0 Å². The molecule has 1 unspecified atom stereocenters. The molecule has 1 nitrogen and oxygen atoms in total. The summed E-state index contributed by atoms with van der Waals surface area (Å²) in [6.07, 6.45) is 3.81. The van der Waals surface area contributed by atoms with Crippen LogP contribution in [0.2, 0.25) is 0 Å². The fraction of sp³-hybridized carbons (Fsp3) is 0.833. The molecule has 54 valence electrons. The van der Waals surface area contributed by atoms with Crippen LogP contribution >= 0.6 is 23.4 Å². The Labute approximate surface area is 65.2 Å². The van der Waals surface area contributed by atoms with Crippen LogP contribution in [0, 0.1) is 0 Å². The minimum absolute atomic E-state index is 0.0108. The zero-order valence-electron chi connectivity index (χ0n) is 5.69. The molecule has 0 radical (unpaired) electrons. The molecule has 1 atom stereocenters. The first kappa shape index (κ1) is 9.31. The van der Waals surface area contributed by atoms with Crippen LogP contribution in [-0.4, -0.2) is 16.7 Å². The first-order valence-corrected chi connectivity index (χ1v) is 4.61. The predicted molar refractivity (Wildman–Crippen MR) is 43.1 cm³/mol. The maximum absolute atomic E-state index is 10.5. The largest absolute Gasteiger partial charge is 0.280 e. The van der Waals surface area contributed by atoms with Gasteiger partial charge in [0.05, 0.1) is 5.25 Å². The Kier molecular flexibility index (Phi) is 5.30. The molecule has 0 heterocycles. The smallest absolute Gasteiger partial charge is 0.234 e. The van der Waals surface area contributed by atoms with Crippen LogP contribution in [-0.2, 0) is 4.79 Å². The van der Waals surface area contributed by atoms with Crippen LogP contribution in [0.15, 0.2) is 0 Å². The minimum Gasteiger partial charge on any atom is -0.280 e. The maximum Gasteiger partial charge on any atom is 0.234 e. The number of hydrogen-bond donors (Lipinski definition) is 0. The van der Waals surface area contributed by atoms with Gasteiger partial charge in [-0.3, -0.25) is 4.79 Å². The van der Waals surface area contributed by atoms with Gasteiger partial charge in [-0.05, 0) is 24.3 Å². The van der Waals surface area contributed by atoms with Crippen molar-refractivity contribution in [1.82, 2.24) is 0 Å². The van der Waals surface area contributed by atoms with Gasteiger partial charge in [-0.2, -0.15) is 11.8 Å². The summed E-state index contributed by atoms with van der Waals surface area (Å²) in [7, 11) is 0. The fourth-order valence-electron chi connectivity index (χ4n) is 0.586. The molecule has 0 aliphatic heterocycles.